The van der Waals surface area contributed by atoms with E-state index in [4.69, 9.17) is 4.74 Å². The second-order valence-electron chi connectivity index (χ2n) is 8.75. The SMILES string of the molecule is C=C[C@@H]1[C@@H]([C@@H](NC(=O)OCc2ccccc2)C(C)(C)C)C(=O)N1Cc1ccccc1. The van der Waals surface area contributed by atoms with Crippen LogP contribution in [-0.4, -0.2) is 29.0 Å². The Balaban J connectivity index is 1.68. The van der Waals surface area contributed by atoms with Crippen LogP contribution in [-0.2, 0) is 22.7 Å². The molecule has 0 aromatic heterocycles. The summed E-state index contributed by atoms with van der Waals surface area (Å²) in [6.45, 7) is 10.7. The third-order valence-electron chi connectivity index (χ3n) is 5.51. The average molecular weight is 407 g/mol. The summed E-state index contributed by atoms with van der Waals surface area (Å²) in [6, 6.07) is 18.9. The van der Waals surface area contributed by atoms with Crippen molar-refractivity contribution in [2.24, 2.45) is 11.3 Å². The quantitative estimate of drug-likeness (QED) is 0.542. The predicted molar refractivity (Wildman–Crippen MR) is 117 cm³/mol. The van der Waals surface area contributed by atoms with Crippen LogP contribution in [0.2, 0.25) is 0 Å². The Bertz CT molecular complexity index is 874. The lowest BCUT2D eigenvalue weighted by Gasteiger charge is -2.52. The van der Waals surface area contributed by atoms with Gasteiger partial charge < -0.3 is 15.0 Å². The van der Waals surface area contributed by atoms with Crippen LogP contribution in [0.25, 0.3) is 0 Å². The molecular formula is C25H30N2O3. The summed E-state index contributed by atoms with van der Waals surface area (Å²) < 4.78 is 5.40. The second kappa shape index (κ2) is 9.16. The van der Waals surface area contributed by atoms with Crippen molar-refractivity contribution in [3.05, 3.63) is 84.4 Å². The number of hydrogen-bond acceptors (Lipinski definition) is 3. The molecule has 3 rings (SSSR count). The highest BCUT2D eigenvalue weighted by molar-refractivity contribution is 5.88. The number of hydrogen-bond donors (Lipinski definition) is 1. The van der Waals surface area contributed by atoms with Gasteiger partial charge in [-0.25, -0.2) is 4.79 Å². The summed E-state index contributed by atoms with van der Waals surface area (Å²) in [5, 5.41) is 2.95. The number of benzene rings is 2. The number of alkyl carbamates (subject to hydrolysis) is 1. The van der Waals surface area contributed by atoms with Crippen LogP contribution in [0.1, 0.15) is 31.9 Å². The van der Waals surface area contributed by atoms with Gasteiger partial charge in [-0.05, 0) is 16.5 Å². The summed E-state index contributed by atoms with van der Waals surface area (Å²) >= 11 is 0. The van der Waals surface area contributed by atoms with Crippen molar-refractivity contribution in [3.63, 3.8) is 0 Å². The van der Waals surface area contributed by atoms with Gasteiger partial charge in [0, 0.05) is 6.54 Å². The molecule has 1 fully saturated rings. The molecule has 2 aromatic rings. The molecule has 0 aliphatic carbocycles. The molecule has 5 nitrogen and oxygen atoms in total. The lowest BCUT2D eigenvalue weighted by molar-refractivity contribution is -0.158. The maximum atomic E-state index is 13.1. The summed E-state index contributed by atoms with van der Waals surface area (Å²) in [6.07, 6.45) is 1.28. The Morgan fingerprint density at radius 2 is 1.67 bits per heavy atom. The molecule has 0 radical (unpaired) electrons. The van der Waals surface area contributed by atoms with E-state index in [1.807, 2.05) is 86.3 Å². The third-order valence-corrected chi connectivity index (χ3v) is 5.51. The first-order chi connectivity index (χ1) is 14.3. The van der Waals surface area contributed by atoms with Crippen LogP contribution in [0.5, 0.6) is 0 Å². The maximum absolute atomic E-state index is 13.1. The van der Waals surface area contributed by atoms with Gasteiger partial charge in [-0.2, -0.15) is 0 Å². The van der Waals surface area contributed by atoms with Gasteiger partial charge in [0.25, 0.3) is 0 Å². The zero-order chi connectivity index (χ0) is 21.7. The van der Waals surface area contributed by atoms with E-state index < -0.39 is 6.09 Å². The van der Waals surface area contributed by atoms with Gasteiger partial charge in [0.2, 0.25) is 5.91 Å². The van der Waals surface area contributed by atoms with Crippen LogP contribution in [0.4, 0.5) is 4.79 Å². The van der Waals surface area contributed by atoms with Crippen LogP contribution in [0.15, 0.2) is 73.3 Å². The maximum Gasteiger partial charge on any atom is 0.407 e. The van der Waals surface area contributed by atoms with Crippen molar-refractivity contribution in [3.8, 4) is 0 Å². The van der Waals surface area contributed by atoms with E-state index in [0.29, 0.717) is 6.54 Å². The molecule has 2 amide bonds. The molecule has 5 heteroatoms. The van der Waals surface area contributed by atoms with E-state index in [0.717, 1.165) is 11.1 Å². The van der Waals surface area contributed by atoms with Gasteiger partial charge in [0.15, 0.2) is 0 Å². The Morgan fingerprint density at radius 1 is 1.10 bits per heavy atom. The highest BCUT2D eigenvalue weighted by Crippen LogP contribution is 2.38. The molecule has 158 valence electrons. The van der Waals surface area contributed by atoms with Gasteiger partial charge in [0.05, 0.1) is 18.0 Å². The fourth-order valence-electron chi connectivity index (χ4n) is 3.91. The smallest absolute Gasteiger partial charge is 0.407 e. The summed E-state index contributed by atoms with van der Waals surface area (Å²) in [7, 11) is 0. The van der Waals surface area contributed by atoms with Gasteiger partial charge >= 0.3 is 6.09 Å². The number of carbonyl (C=O) groups excluding carboxylic acids is 2. The first-order valence-electron chi connectivity index (χ1n) is 10.3. The molecule has 2 aromatic carbocycles. The summed E-state index contributed by atoms with van der Waals surface area (Å²) in [5.41, 5.74) is 1.66. The fourth-order valence-corrected chi connectivity index (χ4v) is 3.91. The van der Waals surface area contributed by atoms with Crippen LogP contribution in [0, 0.1) is 11.3 Å². The van der Waals surface area contributed by atoms with Crippen molar-refractivity contribution in [1.82, 2.24) is 10.2 Å². The van der Waals surface area contributed by atoms with E-state index >= 15 is 0 Å². The third kappa shape index (κ3) is 4.90. The summed E-state index contributed by atoms with van der Waals surface area (Å²) in [5.74, 6) is -0.345. The zero-order valence-electron chi connectivity index (χ0n) is 17.9. The molecule has 30 heavy (non-hydrogen) atoms. The number of rotatable bonds is 7. The van der Waals surface area contributed by atoms with Crippen LogP contribution >= 0.6 is 0 Å². The number of β-lactam (4-membered cyclic amide) rings is 1. The lowest BCUT2D eigenvalue weighted by Crippen LogP contribution is -2.68. The minimum Gasteiger partial charge on any atom is -0.445 e. The Hall–Kier alpha value is -3.08. The Kier molecular flexibility index (Phi) is 6.60. The zero-order valence-corrected chi connectivity index (χ0v) is 17.9. The van der Waals surface area contributed by atoms with Gasteiger partial charge in [-0.15, -0.1) is 6.58 Å². The number of amides is 2. The minimum atomic E-state index is -0.518. The molecule has 1 aliphatic rings. The summed E-state index contributed by atoms with van der Waals surface area (Å²) in [4.78, 5) is 27.4. The Labute approximate surface area is 178 Å². The van der Waals surface area contributed by atoms with E-state index in [2.05, 4.69) is 11.9 Å². The number of likely N-dealkylation sites (tertiary alicyclic amines) is 1. The predicted octanol–water partition coefficient (Wildman–Crippen LogP) is 4.54. The van der Waals surface area contributed by atoms with Crippen molar-refractivity contribution in [1.29, 1.82) is 0 Å². The van der Waals surface area contributed by atoms with Crippen molar-refractivity contribution in [2.75, 3.05) is 0 Å². The molecule has 0 unspecified atom stereocenters. The van der Waals surface area contributed by atoms with E-state index in [1.54, 1.807) is 6.08 Å². The van der Waals surface area contributed by atoms with Crippen LogP contribution in [0.3, 0.4) is 0 Å². The highest BCUT2D eigenvalue weighted by Gasteiger charge is 2.53. The molecule has 1 heterocycles. The Morgan fingerprint density at radius 3 is 2.20 bits per heavy atom. The van der Waals surface area contributed by atoms with Crippen molar-refractivity contribution in [2.45, 2.75) is 46.0 Å². The molecule has 0 saturated carbocycles. The van der Waals surface area contributed by atoms with Gasteiger partial charge in [-0.3, -0.25) is 4.79 Å². The average Bonchev–Trinajstić information content (AvgIpc) is 2.73. The second-order valence-corrected chi connectivity index (χ2v) is 8.75. The van der Waals surface area contributed by atoms with Crippen molar-refractivity contribution < 1.29 is 14.3 Å². The number of nitrogens with one attached hydrogen (secondary N) is 1. The van der Waals surface area contributed by atoms with E-state index in [9.17, 15) is 9.59 Å². The largest absolute Gasteiger partial charge is 0.445 e. The molecule has 0 spiro atoms. The number of ether oxygens (including phenoxy) is 1. The monoisotopic (exact) mass is 406 g/mol. The van der Waals surface area contributed by atoms with Crippen molar-refractivity contribution >= 4 is 12.0 Å². The molecular weight excluding hydrogens is 376 g/mol. The minimum absolute atomic E-state index is 0.0204. The van der Waals surface area contributed by atoms with E-state index in [-0.39, 0.29) is 35.9 Å². The first kappa shape index (κ1) is 21.6. The molecule has 1 N–H and O–H groups in total. The molecule has 1 aliphatic heterocycles. The molecule has 1 saturated heterocycles. The van der Waals surface area contributed by atoms with Crippen LogP contribution < -0.4 is 5.32 Å². The topological polar surface area (TPSA) is 58.6 Å². The lowest BCUT2D eigenvalue weighted by atomic mass is 9.70. The first-order valence-corrected chi connectivity index (χ1v) is 10.3. The van der Waals surface area contributed by atoms with Gasteiger partial charge in [0.1, 0.15) is 6.61 Å². The highest BCUT2D eigenvalue weighted by atomic mass is 16.5. The molecule has 0 bridgehead atoms. The number of nitrogens with zero attached hydrogens (tertiary/aromatic N) is 1. The van der Waals surface area contributed by atoms with Gasteiger partial charge in [-0.1, -0.05) is 87.5 Å². The standard InChI is InChI=1S/C25H30N2O3/c1-5-20-21(23(28)27(20)16-18-12-8-6-9-13-18)22(25(2,3)4)26-24(29)30-17-19-14-10-7-11-15-19/h5-15,20-22H,1,16-17H2,2-4H3,(H,26,29)/t20-,21+,22-/m1/s1. The number of carbonyl (C=O) groups is 2. The normalized spacial score (nSPS) is 19.6. The van der Waals surface area contributed by atoms with E-state index in [1.165, 1.54) is 0 Å². The molecule has 3 atom stereocenters. The fraction of sp³-hybridized carbons (Fsp3) is 0.360.